The van der Waals surface area contributed by atoms with Crippen LogP contribution in [-0.4, -0.2) is 60.5 Å². The molecule has 0 aliphatic carbocycles. The maximum atomic E-state index is 14.7. The highest BCUT2D eigenvalue weighted by molar-refractivity contribution is 7.17. The first-order valence-electron chi connectivity index (χ1n) is 17.7. The summed E-state index contributed by atoms with van der Waals surface area (Å²) in [4.78, 5) is 53.4. The van der Waals surface area contributed by atoms with E-state index < -0.39 is 35.2 Å². The quantitative estimate of drug-likeness (QED) is 0.168. The number of aromatic nitrogens is 2. The summed E-state index contributed by atoms with van der Waals surface area (Å²) in [5.74, 6) is -2.06. The maximum Gasteiger partial charge on any atom is 0.419 e. The highest BCUT2D eigenvalue weighted by Crippen LogP contribution is 2.44. The number of carbonyl (C=O) groups is 3. The summed E-state index contributed by atoms with van der Waals surface area (Å²) in [5.41, 5.74) is 2.67. The van der Waals surface area contributed by atoms with Crippen LogP contribution in [0.15, 0.2) is 79.1 Å². The largest absolute Gasteiger partial charge is 0.419 e. The highest BCUT2D eigenvalue weighted by atomic mass is 32.1. The summed E-state index contributed by atoms with van der Waals surface area (Å²) in [7, 11) is 0. The zero-order valence-corrected chi connectivity index (χ0v) is 30.3. The van der Waals surface area contributed by atoms with Gasteiger partial charge in [0.25, 0.3) is 17.7 Å². The second-order valence-corrected chi connectivity index (χ2v) is 15.1. The first-order chi connectivity index (χ1) is 26.4. The molecule has 0 saturated carbocycles. The van der Waals surface area contributed by atoms with Gasteiger partial charge in [0.15, 0.2) is 0 Å². The molecule has 2 saturated heterocycles. The SMILES string of the molecule is Cc1cnc(N2CC3(CCOCC3)C2)c(C(=O)Nc2ccc(C(=O)N3CCc4cc(C(=O)Nc5ncccc5C(F)(F)F)sc4-c4ccc(F)cc43)cc2)c1. The predicted molar refractivity (Wildman–Crippen MR) is 200 cm³/mol. The fourth-order valence-corrected chi connectivity index (χ4v) is 8.55. The molecule has 3 amide bonds. The molecule has 55 heavy (non-hydrogen) atoms. The third-order valence-corrected chi connectivity index (χ3v) is 11.5. The monoisotopic (exact) mass is 770 g/mol. The van der Waals surface area contributed by atoms with Gasteiger partial charge >= 0.3 is 6.18 Å². The van der Waals surface area contributed by atoms with E-state index in [4.69, 9.17) is 4.74 Å². The van der Waals surface area contributed by atoms with Crippen molar-refractivity contribution < 1.29 is 36.7 Å². The van der Waals surface area contributed by atoms with Crippen molar-refractivity contribution in [3.8, 4) is 10.4 Å². The number of hydrogen-bond acceptors (Lipinski definition) is 8. The first-order valence-corrected chi connectivity index (χ1v) is 18.5. The molecule has 2 aromatic carbocycles. The molecule has 15 heteroatoms. The van der Waals surface area contributed by atoms with Crippen molar-refractivity contribution in [1.82, 2.24) is 9.97 Å². The van der Waals surface area contributed by atoms with E-state index in [1.165, 1.54) is 23.1 Å². The summed E-state index contributed by atoms with van der Waals surface area (Å²) in [6.45, 7) is 5.12. The molecule has 3 aliphatic rings. The molecule has 5 aromatic rings. The second-order valence-electron chi connectivity index (χ2n) is 14.1. The van der Waals surface area contributed by atoms with E-state index in [2.05, 4.69) is 25.5 Å². The Kier molecular flexibility index (Phi) is 9.37. The molecule has 10 nitrogen and oxygen atoms in total. The summed E-state index contributed by atoms with van der Waals surface area (Å²) in [6.07, 6.45) is 0.443. The van der Waals surface area contributed by atoms with Crippen LogP contribution in [0.2, 0.25) is 0 Å². The number of thiophene rings is 1. The number of benzene rings is 2. The molecule has 282 valence electrons. The number of aryl methyl sites for hydroxylation is 1. The Balaban J connectivity index is 0.989. The highest BCUT2D eigenvalue weighted by Gasteiger charge is 2.45. The molecule has 0 bridgehead atoms. The van der Waals surface area contributed by atoms with Crippen molar-refractivity contribution >= 4 is 52.1 Å². The van der Waals surface area contributed by atoms with Crippen LogP contribution in [0.25, 0.3) is 10.4 Å². The second kappa shape index (κ2) is 14.2. The number of halogens is 4. The maximum absolute atomic E-state index is 14.7. The van der Waals surface area contributed by atoms with Crippen molar-refractivity contribution in [1.29, 1.82) is 0 Å². The van der Waals surface area contributed by atoms with Crippen molar-refractivity contribution in [2.24, 2.45) is 5.41 Å². The van der Waals surface area contributed by atoms with Crippen molar-refractivity contribution in [2.75, 3.05) is 53.3 Å². The summed E-state index contributed by atoms with van der Waals surface area (Å²) in [5, 5.41) is 5.21. The summed E-state index contributed by atoms with van der Waals surface area (Å²) >= 11 is 1.03. The number of amides is 3. The Labute approximate surface area is 317 Å². The van der Waals surface area contributed by atoms with Gasteiger partial charge in [-0.15, -0.1) is 11.3 Å². The van der Waals surface area contributed by atoms with Crippen LogP contribution in [0, 0.1) is 18.2 Å². The molecule has 3 aromatic heterocycles. The number of pyridine rings is 2. The van der Waals surface area contributed by atoms with Crippen LogP contribution in [-0.2, 0) is 17.3 Å². The minimum atomic E-state index is -4.72. The number of alkyl halides is 3. The molecule has 6 heterocycles. The normalized spacial score (nSPS) is 16.1. The van der Waals surface area contributed by atoms with E-state index in [9.17, 15) is 31.9 Å². The zero-order chi connectivity index (χ0) is 38.5. The van der Waals surface area contributed by atoms with Crippen molar-refractivity contribution in [3.05, 3.63) is 118 Å². The molecule has 2 N–H and O–H groups in total. The van der Waals surface area contributed by atoms with Gasteiger partial charge in [-0.3, -0.25) is 14.4 Å². The van der Waals surface area contributed by atoms with Crippen LogP contribution < -0.4 is 20.4 Å². The number of rotatable bonds is 6. The van der Waals surface area contributed by atoms with Crippen LogP contribution in [0.5, 0.6) is 0 Å². The number of nitrogens with one attached hydrogen (secondary N) is 2. The number of hydrogen-bond donors (Lipinski definition) is 2. The van der Waals surface area contributed by atoms with Gasteiger partial charge in [0, 0.05) is 72.3 Å². The third-order valence-electron chi connectivity index (χ3n) is 10.3. The smallest absolute Gasteiger partial charge is 0.381 e. The lowest BCUT2D eigenvalue weighted by Gasteiger charge is -2.53. The Morgan fingerprint density at radius 3 is 2.44 bits per heavy atom. The van der Waals surface area contributed by atoms with Gasteiger partial charge in [0.1, 0.15) is 17.5 Å². The van der Waals surface area contributed by atoms with Gasteiger partial charge in [-0.05, 0) is 104 Å². The van der Waals surface area contributed by atoms with Crippen LogP contribution in [0.4, 0.5) is 40.6 Å². The van der Waals surface area contributed by atoms with E-state index in [1.807, 2.05) is 13.0 Å². The van der Waals surface area contributed by atoms with Gasteiger partial charge < -0.3 is 25.2 Å². The van der Waals surface area contributed by atoms with Gasteiger partial charge in [-0.2, -0.15) is 13.2 Å². The first kappa shape index (κ1) is 36.3. The fourth-order valence-electron chi connectivity index (χ4n) is 7.41. The molecule has 8 rings (SSSR count). The van der Waals surface area contributed by atoms with Crippen molar-refractivity contribution in [2.45, 2.75) is 32.4 Å². The molecular weight excluding hydrogens is 737 g/mol. The van der Waals surface area contributed by atoms with E-state index >= 15 is 0 Å². The lowest BCUT2D eigenvalue weighted by molar-refractivity contribution is -0.137. The molecule has 0 atom stereocenters. The van der Waals surface area contributed by atoms with E-state index in [-0.39, 0.29) is 34.9 Å². The average molecular weight is 771 g/mol. The number of nitrogens with zero attached hydrogens (tertiary/aromatic N) is 4. The van der Waals surface area contributed by atoms with Gasteiger partial charge in [0.2, 0.25) is 0 Å². The zero-order valence-electron chi connectivity index (χ0n) is 29.5. The van der Waals surface area contributed by atoms with Crippen LogP contribution in [0.3, 0.4) is 0 Å². The van der Waals surface area contributed by atoms with E-state index in [1.54, 1.807) is 36.5 Å². The van der Waals surface area contributed by atoms with Gasteiger partial charge in [-0.1, -0.05) is 0 Å². The predicted octanol–water partition coefficient (Wildman–Crippen LogP) is 8.00. The third kappa shape index (κ3) is 7.16. The topological polar surface area (TPSA) is 117 Å². The minimum Gasteiger partial charge on any atom is -0.381 e. The minimum absolute atomic E-state index is 0.130. The number of fused-ring (bicyclic) bond motifs is 3. The lowest BCUT2D eigenvalue weighted by Crippen LogP contribution is -2.59. The van der Waals surface area contributed by atoms with Gasteiger partial charge in [-0.25, -0.2) is 14.4 Å². The Bertz CT molecular complexity index is 2320. The average Bonchev–Trinajstić information content (AvgIpc) is 3.52. The fraction of sp³-hybridized carbons (Fsp3) is 0.275. The number of carbonyl (C=O) groups excluding carboxylic acids is 3. The number of anilines is 4. The van der Waals surface area contributed by atoms with Gasteiger partial charge in [0.05, 0.1) is 21.7 Å². The summed E-state index contributed by atoms with van der Waals surface area (Å²) in [6, 6.07) is 15.8. The van der Waals surface area contributed by atoms with E-state index in [0.717, 1.165) is 74.4 Å². The molecule has 1 spiro atoms. The molecule has 0 unspecified atom stereocenters. The van der Waals surface area contributed by atoms with Crippen LogP contribution in [0.1, 0.15) is 59.9 Å². The Morgan fingerprint density at radius 2 is 1.69 bits per heavy atom. The molecule has 2 fully saturated rings. The molecular formula is C40H34F4N6O4S. The Hall–Kier alpha value is -5.67. The molecule has 3 aliphatic heterocycles. The lowest BCUT2D eigenvalue weighted by atomic mass is 9.73. The standard InChI is InChI=1S/C40H34F4N6O4S/c1-23-17-29(35(46-20-23)49-21-39(22-49)11-15-54-16-12-39)36(51)47-27-7-4-24(5-8-27)38(53)50-14-10-25-18-32(55-33(25)28-9-6-26(41)19-31(28)50)37(52)48-34-30(40(42,43)44)3-2-13-45-34/h2-9,13,17-20H,10-12,14-16,21-22H2,1H3,(H,47,51)(H,45,48,52). The summed E-state index contributed by atoms with van der Waals surface area (Å²) < 4.78 is 60.9. The Morgan fingerprint density at radius 1 is 0.927 bits per heavy atom. The number of ether oxygens (including phenoxy) is 1. The van der Waals surface area contributed by atoms with E-state index in [0.29, 0.717) is 38.6 Å². The molecule has 0 radical (unpaired) electrons. The van der Waals surface area contributed by atoms with Crippen molar-refractivity contribution in [3.63, 3.8) is 0 Å². The van der Waals surface area contributed by atoms with Crippen LogP contribution >= 0.6 is 11.3 Å².